The second-order valence-electron chi connectivity index (χ2n) is 11.6. The van der Waals surface area contributed by atoms with Crippen LogP contribution in [0, 0.1) is 5.92 Å². The summed E-state index contributed by atoms with van der Waals surface area (Å²) in [5.41, 5.74) is 0. The van der Waals surface area contributed by atoms with E-state index in [2.05, 4.69) is 18.6 Å². The van der Waals surface area contributed by atoms with Crippen LogP contribution in [0.25, 0.3) is 0 Å². The molecular formula is C28H40F16O2. The number of rotatable bonds is 25. The zero-order chi connectivity index (χ0) is 36.3. The van der Waals surface area contributed by atoms with Crippen LogP contribution in [0.15, 0.2) is 0 Å². The predicted molar refractivity (Wildman–Crippen MR) is 136 cm³/mol. The number of esters is 1. The summed E-state index contributed by atoms with van der Waals surface area (Å²) >= 11 is 0. The van der Waals surface area contributed by atoms with Gasteiger partial charge in [0.05, 0.1) is 13.0 Å². The van der Waals surface area contributed by atoms with Gasteiger partial charge in [-0.1, -0.05) is 90.9 Å². The van der Waals surface area contributed by atoms with Crippen LogP contribution in [0.5, 0.6) is 0 Å². The van der Waals surface area contributed by atoms with E-state index in [0.29, 0.717) is 18.8 Å². The summed E-state index contributed by atoms with van der Waals surface area (Å²) in [6.07, 6.45) is 3.08. The van der Waals surface area contributed by atoms with Gasteiger partial charge in [0.15, 0.2) is 0 Å². The van der Waals surface area contributed by atoms with Crippen LogP contribution < -0.4 is 0 Å². The maximum Gasteiger partial charge on any atom is 0.384 e. The molecule has 0 N–H and O–H groups in total. The third-order valence-electron chi connectivity index (χ3n) is 7.32. The molecule has 46 heavy (non-hydrogen) atoms. The molecule has 0 amide bonds. The fourth-order valence-corrected chi connectivity index (χ4v) is 4.28. The van der Waals surface area contributed by atoms with Crippen molar-refractivity contribution in [1.82, 2.24) is 0 Å². The molecule has 0 saturated carbocycles. The van der Waals surface area contributed by atoms with E-state index in [-0.39, 0.29) is 6.42 Å². The average molecular weight is 713 g/mol. The van der Waals surface area contributed by atoms with Gasteiger partial charge in [-0.2, -0.15) is 61.5 Å². The van der Waals surface area contributed by atoms with Gasteiger partial charge in [0.1, 0.15) is 0 Å². The Kier molecular flexibility index (Phi) is 17.0. The maximum atomic E-state index is 13.9. The topological polar surface area (TPSA) is 26.3 Å². The Labute approximate surface area is 257 Å². The van der Waals surface area contributed by atoms with Gasteiger partial charge in [-0.3, -0.25) is 4.79 Å². The second kappa shape index (κ2) is 17.7. The highest BCUT2D eigenvalue weighted by atomic mass is 19.4. The van der Waals surface area contributed by atoms with Crippen LogP contribution in [0.4, 0.5) is 70.2 Å². The number of hydrogen-bond acceptors (Lipinski definition) is 2. The molecule has 0 aromatic rings. The van der Waals surface area contributed by atoms with Crippen molar-refractivity contribution in [1.29, 1.82) is 0 Å². The van der Waals surface area contributed by atoms with Crippen LogP contribution in [-0.4, -0.2) is 60.5 Å². The van der Waals surface area contributed by atoms with Crippen molar-refractivity contribution < 1.29 is 79.8 Å². The van der Waals surface area contributed by atoms with Crippen molar-refractivity contribution in [3.63, 3.8) is 0 Å². The van der Waals surface area contributed by atoms with Crippen molar-refractivity contribution in [2.75, 3.05) is 6.61 Å². The molecule has 276 valence electrons. The summed E-state index contributed by atoms with van der Waals surface area (Å²) in [6, 6.07) is 0. The van der Waals surface area contributed by atoms with Crippen molar-refractivity contribution >= 4 is 5.97 Å². The minimum Gasteiger partial charge on any atom is -0.465 e. The molecule has 0 heterocycles. The molecule has 0 spiro atoms. The zero-order valence-corrected chi connectivity index (χ0v) is 25.3. The Morgan fingerprint density at radius 3 is 1.26 bits per heavy atom. The Hall–Kier alpha value is -1.65. The monoisotopic (exact) mass is 712 g/mol. The zero-order valence-electron chi connectivity index (χ0n) is 25.3. The summed E-state index contributed by atoms with van der Waals surface area (Å²) in [6.45, 7) is 2.50. The van der Waals surface area contributed by atoms with Crippen molar-refractivity contribution in [2.45, 2.75) is 158 Å². The largest absolute Gasteiger partial charge is 0.465 e. The first-order valence-corrected chi connectivity index (χ1v) is 14.8. The molecule has 0 unspecified atom stereocenters. The lowest BCUT2D eigenvalue weighted by Gasteiger charge is -2.42. The molecule has 0 rings (SSSR count). The van der Waals surface area contributed by atoms with Crippen LogP contribution in [0.2, 0.25) is 0 Å². The fraction of sp³-hybridized carbons (Fsp3) is 0.964. The van der Waals surface area contributed by atoms with E-state index in [0.717, 1.165) is 38.5 Å². The molecule has 0 aliphatic heterocycles. The van der Waals surface area contributed by atoms with E-state index in [4.69, 9.17) is 0 Å². The van der Waals surface area contributed by atoms with E-state index in [1.165, 1.54) is 25.7 Å². The van der Waals surface area contributed by atoms with Gasteiger partial charge in [-0.15, -0.1) is 0 Å². The second-order valence-corrected chi connectivity index (χ2v) is 11.6. The molecule has 2 nitrogen and oxygen atoms in total. The first kappa shape index (κ1) is 44.4. The van der Waals surface area contributed by atoms with Crippen LogP contribution in [-0.2, 0) is 9.53 Å². The fourth-order valence-electron chi connectivity index (χ4n) is 4.28. The number of alkyl halides is 16. The Morgan fingerprint density at radius 2 is 0.870 bits per heavy atom. The summed E-state index contributed by atoms with van der Waals surface area (Å²) in [4.78, 5) is 11.6. The molecule has 0 saturated heterocycles. The quantitative estimate of drug-likeness (QED) is 0.0535. The SMILES string of the molecule is CC(C)CCCCCCCCCCCCCCC(=O)OCCC(F)(F)C(F)(F)C(F)(F)C(F)(F)C(F)(F)C(F)(F)C(F)(F)C(F)F. The van der Waals surface area contributed by atoms with Gasteiger partial charge in [-0.25, -0.2) is 8.78 Å². The van der Waals surface area contributed by atoms with E-state index < -0.39 is 73.3 Å². The molecular weight excluding hydrogens is 672 g/mol. The van der Waals surface area contributed by atoms with Gasteiger partial charge in [0.2, 0.25) is 0 Å². The lowest BCUT2D eigenvalue weighted by molar-refractivity contribution is -0.447. The van der Waals surface area contributed by atoms with Crippen molar-refractivity contribution in [2.24, 2.45) is 5.92 Å². The standard InChI is InChI=1S/C28H40F16O2/c1-19(2)15-13-11-9-7-5-3-4-6-8-10-12-14-16-20(45)46-18-17-22(31,32)24(35,36)26(39,40)28(43,44)27(41,42)25(37,38)23(33,34)21(29)30/h19,21H,3-18H2,1-2H3. The lowest BCUT2D eigenvalue weighted by Crippen LogP contribution is -2.73. The van der Waals surface area contributed by atoms with E-state index in [1.807, 2.05) is 0 Å². The molecule has 0 aliphatic carbocycles. The van der Waals surface area contributed by atoms with Gasteiger partial charge in [0.25, 0.3) is 0 Å². The lowest BCUT2D eigenvalue weighted by atomic mass is 9.88. The van der Waals surface area contributed by atoms with Crippen molar-refractivity contribution in [3.05, 3.63) is 0 Å². The minimum absolute atomic E-state index is 0.138. The summed E-state index contributed by atoms with van der Waals surface area (Å²) in [5, 5.41) is 0. The molecule has 0 radical (unpaired) electrons. The minimum atomic E-state index is -8.43. The third kappa shape index (κ3) is 10.7. The Morgan fingerprint density at radius 1 is 0.522 bits per heavy atom. The number of unbranched alkanes of at least 4 members (excludes halogenated alkanes) is 11. The first-order valence-electron chi connectivity index (χ1n) is 14.8. The summed E-state index contributed by atoms with van der Waals surface area (Å²) in [7, 11) is 0. The predicted octanol–water partition coefficient (Wildman–Crippen LogP) is 11.7. The van der Waals surface area contributed by atoms with E-state index in [9.17, 15) is 75.0 Å². The number of carbonyl (C=O) groups excluding carboxylic acids is 1. The average Bonchev–Trinajstić information content (AvgIpc) is 2.92. The first-order chi connectivity index (χ1) is 20.8. The molecule has 0 aliphatic rings. The normalized spacial score (nSPS) is 14.4. The van der Waals surface area contributed by atoms with Crippen molar-refractivity contribution in [3.8, 4) is 0 Å². The number of ether oxygens (including phenoxy) is 1. The van der Waals surface area contributed by atoms with Gasteiger partial charge < -0.3 is 4.74 Å². The molecule has 0 aromatic carbocycles. The third-order valence-corrected chi connectivity index (χ3v) is 7.32. The number of carbonyl (C=O) groups is 1. The van der Waals surface area contributed by atoms with Gasteiger partial charge in [-0.05, 0) is 12.3 Å². The Bertz CT molecular complexity index is 891. The molecule has 0 fully saturated rings. The highest BCUT2D eigenvalue weighted by molar-refractivity contribution is 5.69. The number of hydrogen-bond donors (Lipinski definition) is 0. The molecule has 0 bridgehead atoms. The summed E-state index contributed by atoms with van der Waals surface area (Å²) < 4.78 is 218. The smallest absolute Gasteiger partial charge is 0.384 e. The van der Waals surface area contributed by atoms with Crippen LogP contribution in [0.3, 0.4) is 0 Å². The van der Waals surface area contributed by atoms with Crippen LogP contribution >= 0.6 is 0 Å². The van der Waals surface area contributed by atoms with Gasteiger partial charge in [0, 0.05) is 6.42 Å². The van der Waals surface area contributed by atoms with E-state index in [1.54, 1.807) is 0 Å². The van der Waals surface area contributed by atoms with Gasteiger partial charge >= 0.3 is 53.9 Å². The molecule has 0 aromatic heterocycles. The highest BCUT2D eigenvalue weighted by Crippen LogP contribution is 2.63. The van der Waals surface area contributed by atoms with Crippen LogP contribution in [0.1, 0.15) is 110 Å². The highest BCUT2D eigenvalue weighted by Gasteiger charge is 2.93. The maximum absolute atomic E-state index is 13.9. The number of halogens is 16. The molecule has 0 atom stereocenters. The van der Waals surface area contributed by atoms with E-state index >= 15 is 0 Å². The Balaban J connectivity index is 4.75. The molecule has 18 heteroatoms. The summed E-state index contributed by atoms with van der Waals surface area (Å²) in [5.74, 6) is -55.4.